The number of ether oxygens (including phenoxy) is 1. The molecule has 0 saturated heterocycles. The molecule has 0 bridgehead atoms. The molecule has 0 atom stereocenters. The van der Waals surface area contributed by atoms with Crippen LogP contribution in [0.25, 0.3) is 10.8 Å². The minimum atomic E-state index is -3.76. The van der Waals surface area contributed by atoms with Crippen LogP contribution in [0.1, 0.15) is 25.3 Å². The zero-order valence-corrected chi connectivity index (χ0v) is 15.7. The van der Waals surface area contributed by atoms with E-state index in [9.17, 15) is 13.2 Å². The first-order valence-electron chi connectivity index (χ1n) is 7.56. The molecule has 3 rings (SSSR count). The van der Waals surface area contributed by atoms with Crippen LogP contribution in [0.3, 0.4) is 0 Å². The van der Waals surface area contributed by atoms with E-state index in [1.807, 2.05) is 0 Å². The lowest BCUT2D eigenvalue weighted by Gasteiger charge is -2.38. The summed E-state index contributed by atoms with van der Waals surface area (Å²) < 4.78 is 47.0. The van der Waals surface area contributed by atoms with Gasteiger partial charge in [0, 0.05) is 27.7 Å². The highest BCUT2D eigenvalue weighted by molar-refractivity contribution is 9.10. The highest BCUT2D eigenvalue weighted by atomic mass is 79.9. The first-order valence-corrected chi connectivity index (χ1v) is 9.60. The summed E-state index contributed by atoms with van der Waals surface area (Å²) in [6.45, 7) is 1.87. The maximum absolute atomic E-state index is 14.0. The van der Waals surface area contributed by atoms with Crippen molar-refractivity contribution in [2.24, 2.45) is 5.92 Å². The van der Waals surface area contributed by atoms with Crippen molar-refractivity contribution < 1.29 is 27.7 Å². The third-order valence-electron chi connectivity index (χ3n) is 4.25. The number of nitrogens with zero attached hydrogens (tertiary/aromatic N) is 1. The lowest BCUT2D eigenvalue weighted by molar-refractivity contribution is 0.00166. The number of alkyl halides is 3. The van der Waals surface area contributed by atoms with Crippen LogP contribution in [0.4, 0.5) is 13.2 Å². The van der Waals surface area contributed by atoms with Gasteiger partial charge in [-0.15, -0.1) is 0 Å². The van der Waals surface area contributed by atoms with Crippen molar-refractivity contribution in [3.8, 4) is 5.88 Å². The second-order valence-corrected chi connectivity index (χ2v) is 8.53. The van der Waals surface area contributed by atoms with Crippen molar-refractivity contribution in [1.29, 1.82) is 0 Å². The van der Waals surface area contributed by atoms with Gasteiger partial charge in [-0.25, -0.2) is 9.37 Å². The van der Waals surface area contributed by atoms with Crippen LogP contribution >= 0.6 is 24.3 Å². The average Bonchev–Trinajstić information content (AvgIpc) is 2.49. The van der Waals surface area contributed by atoms with Gasteiger partial charge in [0.2, 0.25) is 14.3 Å². The minimum Gasteiger partial charge on any atom is -0.477 e. The second-order valence-electron chi connectivity index (χ2n) is 6.53. The molecule has 9 heteroatoms. The number of halogens is 4. The average molecular weight is 438 g/mol. The lowest BCUT2D eigenvalue weighted by atomic mass is 9.74. The maximum atomic E-state index is 14.0. The van der Waals surface area contributed by atoms with Gasteiger partial charge in [-0.05, 0) is 43.2 Å². The number of aromatic nitrogens is 1. The predicted molar refractivity (Wildman–Crippen MR) is 92.4 cm³/mol. The SMILES string of the molecule is CC1(F)CC(COc2cc3cc(C(F)(F)P(O)O)c(Br)cc3cn2)C1. The summed E-state index contributed by atoms with van der Waals surface area (Å²) in [6, 6.07) is 4.12. The molecule has 1 aromatic heterocycles. The summed E-state index contributed by atoms with van der Waals surface area (Å²) in [5, 5.41) is 1.03. The van der Waals surface area contributed by atoms with Crippen LogP contribution in [0, 0.1) is 5.92 Å². The minimum absolute atomic E-state index is 0.0627. The van der Waals surface area contributed by atoms with E-state index in [4.69, 9.17) is 14.5 Å². The van der Waals surface area contributed by atoms with Gasteiger partial charge in [0.05, 0.1) is 6.61 Å². The van der Waals surface area contributed by atoms with Gasteiger partial charge >= 0.3 is 5.66 Å². The molecule has 1 heterocycles. The van der Waals surface area contributed by atoms with E-state index in [2.05, 4.69) is 20.9 Å². The molecule has 4 nitrogen and oxygen atoms in total. The number of rotatable bonds is 5. The van der Waals surface area contributed by atoms with E-state index in [-0.39, 0.29) is 16.3 Å². The predicted octanol–water partition coefficient (Wildman–Crippen LogP) is 4.86. The third-order valence-corrected chi connectivity index (χ3v) is 5.65. The number of pyridine rings is 1. The number of benzene rings is 1. The van der Waals surface area contributed by atoms with Crippen LogP contribution in [0.5, 0.6) is 5.88 Å². The smallest absolute Gasteiger partial charge is 0.340 e. The van der Waals surface area contributed by atoms with E-state index >= 15 is 0 Å². The topological polar surface area (TPSA) is 62.6 Å². The molecule has 1 fully saturated rings. The maximum Gasteiger partial charge on any atom is 0.340 e. The fraction of sp³-hybridized carbons (Fsp3) is 0.438. The molecular formula is C16H16BrF3NO3P. The molecule has 0 spiro atoms. The molecule has 0 amide bonds. The van der Waals surface area contributed by atoms with Crippen molar-refractivity contribution >= 4 is 35.1 Å². The Morgan fingerprint density at radius 2 is 2.00 bits per heavy atom. The van der Waals surface area contributed by atoms with E-state index in [1.165, 1.54) is 24.4 Å². The van der Waals surface area contributed by atoms with Gasteiger partial charge in [0.15, 0.2) is 0 Å². The van der Waals surface area contributed by atoms with E-state index in [0.29, 0.717) is 30.2 Å². The highest BCUT2D eigenvalue weighted by Gasteiger charge is 2.43. The zero-order valence-electron chi connectivity index (χ0n) is 13.2. The molecule has 2 N–H and O–H groups in total. The Morgan fingerprint density at radius 1 is 1.32 bits per heavy atom. The van der Waals surface area contributed by atoms with Crippen molar-refractivity contribution in [3.05, 3.63) is 34.4 Å². The van der Waals surface area contributed by atoms with Gasteiger partial charge in [0.25, 0.3) is 0 Å². The van der Waals surface area contributed by atoms with E-state index in [0.717, 1.165) is 0 Å². The van der Waals surface area contributed by atoms with Crippen molar-refractivity contribution in [1.82, 2.24) is 4.98 Å². The summed E-state index contributed by atoms with van der Waals surface area (Å²) in [7, 11) is -3.46. The molecule has 1 saturated carbocycles. The number of fused-ring (bicyclic) bond motifs is 1. The third kappa shape index (κ3) is 3.92. The summed E-state index contributed by atoms with van der Waals surface area (Å²) in [5.74, 6) is 0.372. The Labute approximate surface area is 152 Å². The Hall–Kier alpha value is -0.950. The Kier molecular flexibility index (Phi) is 5.01. The summed E-state index contributed by atoms with van der Waals surface area (Å²) in [4.78, 5) is 22.1. The molecule has 0 unspecified atom stereocenters. The molecule has 2 aromatic rings. The van der Waals surface area contributed by atoms with Crippen LogP contribution in [0.2, 0.25) is 0 Å². The van der Waals surface area contributed by atoms with Gasteiger partial charge in [-0.1, -0.05) is 15.9 Å². The molecule has 136 valence electrons. The molecule has 0 radical (unpaired) electrons. The van der Waals surface area contributed by atoms with Crippen molar-refractivity contribution in [2.45, 2.75) is 31.1 Å². The zero-order chi connectivity index (χ0) is 18.4. The second kappa shape index (κ2) is 6.65. The Bertz CT molecular complexity index is 796. The largest absolute Gasteiger partial charge is 0.477 e. The normalized spacial score (nSPS) is 23.8. The van der Waals surface area contributed by atoms with E-state index in [1.54, 1.807) is 6.92 Å². The van der Waals surface area contributed by atoms with Crippen molar-refractivity contribution in [2.75, 3.05) is 6.61 Å². The van der Waals surface area contributed by atoms with Gasteiger partial charge in [-0.2, -0.15) is 8.78 Å². The van der Waals surface area contributed by atoms with Crippen LogP contribution in [0.15, 0.2) is 28.9 Å². The summed E-state index contributed by atoms with van der Waals surface area (Å²) in [6.07, 6.45) is 2.35. The van der Waals surface area contributed by atoms with Gasteiger partial charge < -0.3 is 14.5 Å². The lowest BCUT2D eigenvalue weighted by Crippen LogP contribution is -2.39. The van der Waals surface area contributed by atoms with Gasteiger partial charge in [0.1, 0.15) is 5.67 Å². The Morgan fingerprint density at radius 3 is 2.60 bits per heavy atom. The molecule has 25 heavy (non-hydrogen) atoms. The molecule has 1 aromatic carbocycles. The molecule has 1 aliphatic carbocycles. The Balaban J connectivity index is 1.83. The van der Waals surface area contributed by atoms with Crippen LogP contribution in [-0.2, 0) is 5.66 Å². The first kappa shape index (κ1) is 18.8. The summed E-state index contributed by atoms with van der Waals surface area (Å²) >= 11 is 3.03. The molecule has 1 aliphatic rings. The molecular weight excluding hydrogens is 422 g/mol. The quantitative estimate of drug-likeness (QED) is 0.655. The first-order chi connectivity index (χ1) is 11.6. The van der Waals surface area contributed by atoms with Gasteiger partial charge in [-0.3, -0.25) is 0 Å². The molecule has 0 aliphatic heterocycles. The number of hydrogen-bond donors (Lipinski definition) is 2. The van der Waals surface area contributed by atoms with Crippen LogP contribution < -0.4 is 4.74 Å². The summed E-state index contributed by atoms with van der Waals surface area (Å²) in [5.41, 5.74) is -5.41. The number of hydrogen-bond acceptors (Lipinski definition) is 4. The highest BCUT2D eigenvalue weighted by Crippen LogP contribution is 2.54. The van der Waals surface area contributed by atoms with Crippen molar-refractivity contribution in [3.63, 3.8) is 0 Å². The van der Waals surface area contributed by atoms with Crippen LogP contribution in [-0.4, -0.2) is 27.0 Å². The van der Waals surface area contributed by atoms with E-state index < -0.39 is 25.3 Å². The fourth-order valence-corrected chi connectivity index (χ4v) is 4.19. The fourth-order valence-electron chi connectivity index (χ4n) is 3.03. The standard InChI is InChI=1S/C16H16BrF3NO3P/c1-15(18)5-9(6-15)8-24-14-4-10-2-12(16(19,20)25(22)23)13(17)3-11(10)7-21-14/h2-4,7,9,22-23H,5-6,8H2,1H3. The monoisotopic (exact) mass is 437 g/mol.